The molecule has 0 aromatic heterocycles. The van der Waals surface area contributed by atoms with Gasteiger partial charge in [-0.1, -0.05) is 68.9 Å². The molecule has 2 nitrogen and oxygen atoms in total. The molecule has 0 saturated carbocycles. The number of nitrogens with one attached hydrogen (secondary N) is 1. The Labute approximate surface area is 141 Å². The van der Waals surface area contributed by atoms with E-state index in [4.69, 9.17) is 4.65 Å². The average Bonchev–Trinajstić information content (AvgIpc) is 3.10. The summed E-state index contributed by atoms with van der Waals surface area (Å²) in [6.45, 7) is 4.11. The zero-order chi connectivity index (χ0) is 15.2. The van der Waals surface area contributed by atoms with Gasteiger partial charge in [-0.25, -0.2) is 0 Å². The summed E-state index contributed by atoms with van der Waals surface area (Å²) in [5, 5.41) is 3.51. The second-order valence-corrected chi connectivity index (χ2v) is 6.02. The highest BCUT2D eigenvalue weighted by Gasteiger charge is 2.24. The smallest absolute Gasteiger partial charge is 0.361 e. The van der Waals surface area contributed by atoms with Crippen LogP contribution in [0.2, 0.25) is 0 Å². The quantitative estimate of drug-likeness (QED) is 0.829. The van der Waals surface area contributed by atoms with Crippen molar-refractivity contribution in [3.8, 4) is 0 Å². The highest BCUT2D eigenvalue weighted by Crippen LogP contribution is 2.07. The van der Waals surface area contributed by atoms with E-state index >= 15 is 0 Å². The molecule has 23 heavy (non-hydrogen) atoms. The Morgan fingerprint density at radius 2 is 1.87 bits per heavy atom. The highest BCUT2D eigenvalue weighted by molar-refractivity contribution is 6.80. The zero-order valence-corrected chi connectivity index (χ0v) is 13.3. The largest absolute Gasteiger partial charge is 0.425 e. The zero-order valence-electron chi connectivity index (χ0n) is 13.3. The van der Waals surface area contributed by atoms with E-state index in [1.54, 1.807) is 0 Å². The third kappa shape index (κ3) is 4.70. The van der Waals surface area contributed by atoms with Crippen molar-refractivity contribution in [3.63, 3.8) is 0 Å². The molecular weight excluding hydrogens is 281 g/mol. The van der Waals surface area contributed by atoms with Crippen molar-refractivity contribution in [2.45, 2.75) is 39.7 Å². The normalized spacial score (nSPS) is 16.8. The minimum absolute atomic E-state index is 0. The van der Waals surface area contributed by atoms with E-state index in [1.807, 2.05) is 0 Å². The van der Waals surface area contributed by atoms with E-state index in [0.29, 0.717) is 6.04 Å². The fourth-order valence-corrected chi connectivity index (χ4v) is 3.10. The molecule has 1 saturated heterocycles. The SMILES string of the molecule is C.CCc1cccc(B(OCC2CCCN2)c2ccccc2)c1. The molecule has 2 aromatic carbocycles. The van der Waals surface area contributed by atoms with Crippen LogP contribution < -0.4 is 16.2 Å². The molecule has 3 rings (SSSR count). The molecule has 0 bridgehead atoms. The summed E-state index contributed by atoms with van der Waals surface area (Å²) >= 11 is 0. The Morgan fingerprint density at radius 1 is 1.09 bits per heavy atom. The highest BCUT2D eigenvalue weighted by atomic mass is 16.4. The van der Waals surface area contributed by atoms with Crippen LogP contribution >= 0.6 is 0 Å². The van der Waals surface area contributed by atoms with E-state index in [-0.39, 0.29) is 14.3 Å². The summed E-state index contributed by atoms with van der Waals surface area (Å²) in [5.41, 5.74) is 3.85. The first-order valence-corrected chi connectivity index (χ1v) is 8.35. The van der Waals surface area contributed by atoms with Gasteiger partial charge in [0.15, 0.2) is 0 Å². The minimum Gasteiger partial charge on any atom is -0.425 e. The summed E-state index contributed by atoms with van der Waals surface area (Å²) < 4.78 is 6.34. The van der Waals surface area contributed by atoms with Gasteiger partial charge < -0.3 is 9.97 Å². The third-order valence-corrected chi connectivity index (χ3v) is 4.39. The first-order valence-electron chi connectivity index (χ1n) is 8.35. The minimum atomic E-state index is 0. The lowest BCUT2D eigenvalue weighted by molar-refractivity contribution is 0.288. The average molecular weight is 309 g/mol. The number of rotatable bonds is 6. The first kappa shape index (κ1) is 17.8. The molecule has 2 aromatic rings. The van der Waals surface area contributed by atoms with Crippen molar-refractivity contribution in [2.24, 2.45) is 0 Å². The van der Waals surface area contributed by atoms with Crippen molar-refractivity contribution >= 4 is 17.8 Å². The number of aryl methyl sites for hydroxylation is 1. The van der Waals surface area contributed by atoms with E-state index in [2.05, 4.69) is 66.8 Å². The molecule has 1 unspecified atom stereocenters. The molecule has 1 heterocycles. The lowest BCUT2D eigenvalue weighted by atomic mass is 9.55. The lowest BCUT2D eigenvalue weighted by Crippen LogP contribution is -2.47. The molecule has 0 aliphatic carbocycles. The molecular formula is C20H28BNO. The van der Waals surface area contributed by atoms with Crippen LogP contribution in [-0.2, 0) is 11.1 Å². The lowest BCUT2D eigenvalue weighted by Gasteiger charge is -2.19. The maximum atomic E-state index is 6.34. The molecule has 1 fully saturated rings. The molecule has 0 amide bonds. The summed E-state index contributed by atoms with van der Waals surface area (Å²) in [4.78, 5) is 0. The number of hydrogen-bond donors (Lipinski definition) is 1. The Hall–Kier alpha value is -1.58. The maximum Gasteiger partial charge on any atom is 0.361 e. The van der Waals surface area contributed by atoms with Crippen molar-refractivity contribution < 1.29 is 4.65 Å². The molecule has 0 spiro atoms. The van der Waals surface area contributed by atoms with E-state index in [1.165, 1.54) is 29.3 Å². The van der Waals surface area contributed by atoms with Crippen LogP contribution in [0, 0.1) is 0 Å². The maximum absolute atomic E-state index is 6.34. The van der Waals surface area contributed by atoms with Crippen LogP contribution in [0.15, 0.2) is 54.6 Å². The van der Waals surface area contributed by atoms with Crippen molar-refractivity contribution in [1.29, 1.82) is 0 Å². The van der Waals surface area contributed by atoms with Crippen LogP contribution in [0.4, 0.5) is 0 Å². The second kappa shape index (κ2) is 8.90. The van der Waals surface area contributed by atoms with Gasteiger partial charge in [-0.3, -0.25) is 0 Å². The predicted molar refractivity (Wildman–Crippen MR) is 101 cm³/mol. The second-order valence-electron chi connectivity index (χ2n) is 6.02. The fraction of sp³-hybridized carbons (Fsp3) is 0.400. The Morgan fingerprint density at radius 3 is 2.57 bits per heavy atom. The Bertz CT molecular complexity index is 581. The monoisotopic (exact) mass is 309 g/mol. The topological polar surface area (TPSA) is 21.3 Å². The van der Waals surface area contributed by atoms with Gasteiger partial charge in [0, 0.05) is 12.6 Å². The van der Waals surface area contributed by atoms with Crippen molar-refractivity contribution in [2.75, 3.05) is 13.2 Å². The molecule has 122 valence electrons. The van der Waals surface area contributed by atoms with Crippen molar-refractivity contribution in [3.05, 3.63) is 60.2 Å². The predicted octanol–water partition coefficient (Wildman–Crippen LogP) is 2.76. The van der Waals surface area contributed by atoms with Crippen LogP contribution in [0.1, 0.15) is 32.8 Å². The first-order chi connectivity index (χ1) is 10.9. The number of benzene rings is 2. The molecule has 1 N–H and O–H groups in total. The number of hydrogen-bond acceptors (Lipinski definition) is 2. The summed E-state index contributed by atoms with van der Waals surface area (Å²) in [6.07, 6.45) is 3.53. The van der Waals surface area contributed by atoms with Gasteiger partial charge in [-0.05, 0) is 42.3 Å². The molecule has 1 aliphatic heterocycles. The van der Waals surface area contributed by atoms with E-state index in [0.717, 1.165) is 19.6 Å². The summed E-state index contributed by atoms with van der Waals surface area (Å²) in [7, 11) is 0. The molecule has 3 heteroatoms. The van der Waals surface area contributed by atoms with Gasteiger partial charge in [0.2, 0.25) is 0 Å². The van der Waals surface area contributed by atoms with Gasteiger partial charge in [0.05, 0.1) is 0 Å². The molecule has 0 radical (unpaired) electrons. The third-order valence-electron chi connectivity index (χ3n) is 4.39. The van der Waals surface area contributed by atoms with E-state index in [9.17, 15) is 0 Å². The molecule has 1 aliphatic rings. The Balaban J connectivity index is 0.00000192. The summed E-state index contributed by atoms with van der Waals surface area (Å²) in [6, 6.07) is 19.8. The van der Waals surface area contributed by atoms with Gasteiger partial charge in [0.25, 0.3) is 0 Å². The Kier molecular flexibility index (Phi) is 6.88. The fourth-order valence-electron chi connectivity index (χ4n) is 3.10. The van der Waals surface area contributed by atoms with Gasteiger partial charge in [-0.15, -0.1) is 0 Å². The van der Waals surface area contributed by atoms with Crippen LogP contribution in [0.3, 0.4) is 0 Å². The van der Waals surface area contributed by atoms with Gasteiger partial charge in [-0.2, -0.15) is 0 Å². The standard InChI is InChI=1S/C19H24BNO.CH4/c1-2-16-8-6-11-18(14-16)20(17-9-4-3-5-10-17)22-15-19-12-7-13-21-19;/h3-6,8-11,14,19,21H,2,7,12-13,15H2,1H3;1H4. The van der Waals surface area contributed by atoms with Crippen molar-refractivity contribution in [1.82, 2.24) is 5.32 Å². The van der Waals surface area contributed by atoms with Gasteiger partial charge >= 0.3 is 6.92 Å². The summed E-state index contributed by atoms with van der Waals surface area (Å²) in [5.74, 6) is 0. The molecule has 1 atom stereocenters. The van der Waals surface area contributed by atoms with Crippen LogP contribution in [0.25, 0.3) is 0 Å². The van der Waals surface area contributed by atoms with Gasteiger partial charge in [0.1, 0.15) is 0 Å². The van der Waals surface area contributed by atoms with Crippen LogP contribution in [0.5, 0.6) is 0 Å². The van der Waals surface area contributed by atoms with Crippen LogP contribution in [-0.4, -0.2) is 26.1 Å². The van der Waals surface area contributed by atoms with E-state index < -0.39 is 0 Å².